The van der Waals surface area contributed by atoms with E-state index in [1.54, 1.807) is 0 Å². The highest BCUT2D eigenvalue weighted by Crippen LogP contribution is 2.38. The molecular weight excluding hydrogens is 602 g/mol. The van der Waals surface area contributed by atoms with Gasteiger partial charge in [0.25, 0.3) is 5.91 Å². The van der Waals surface area contributed by atoms with Crippen LogP contribution in [-0.2, 0) is 29.2 Å². The maximum atomic E-state index is 12.8. The Labute approximate surface area is 281 Å². The summed E-state index contributed by atoms with van der Waals surface area (Å²) in [5.41, 5.74) is 6.92. The van der Waals surface area contributed by atoms with Gasteiger partial charge >= 0.3 is 0 Å². The van der Waals surface area contributed by atoms with Crippen molar-refractivity contribution in [2.75, 3.05) is 32.7 Å². The predicted molar refractivity (Wildman–Crippen MR) is 184 cm³/mol. The van der Waals surface area contributed by atoms with E-state index in [1.807, 2.05) is 72.8 Å². The predicted octanol–water partition coefficient (Wildman–Crippen LogP) is 5.42. The first-order valence-electron chi connectivity index (χ1n) is 16.7. The number of hydrogen-bond acceptors (Lipinski definition) is 8. The van der Waals surface area contributed by atoms with Gasteiger partial charge < -0.3 is 19.9 Å². The van der Waals surface area contributed by atoms with Gasteiger partial charge in [0.2, 0.25) is 0 Å². The molecule has 1 amide bonds. The van der Waals surface area contributed by atoms with Crippen LogP contribution in [0.3, 0.4) is 0 Å². The van der Waals surface area contributed by atoms with Crippen molar-refractivity contribution in [3.8, 4) is 0 Å². The minimum Gasteiger partial charge on any atom is -0.392 e. The van der Waals surface area contributed by atoms with E-state index in [4.69, 9.17) is 9.47 Å². The summed E-state index contributed by atoms with van der Waals surface area (Å²) in [4.78, 5) is 26.6. The van der Waals surface area contributed by atoms with E-state index in [0.717, 1.165) is 73.5 Å². The molecule has 3 heterocycles. The van der Waals surface area contributed by atoms with Crippen LogP contribution in [0.25, 0.3) is 11.0 Å². The van der Waals surface area contributed by atoms with Crippen LogP contribution in [-0.4, -0.2) is 69.6 Å². The monoisotopic (exact) mass is 643 g/mol. The number of amides is 1. The number of aliphatic hydroxyl groups excluding tert-OH is 1. The fourth-order valence-electron chi connectivity index (χ4n) is 6.42. The van der Waals surface area contributed by atoms with Gasteiger partial charge in [-0.3, -0.25) is 19.6 Å². The summed E-state index contributed by atoms with van der Waals surface area (Å²) in [7, 11) is 0. The van der Waals surface area contributed by atoms with Gasteiger partial charge in [0.05, 0.1) is 36.0 Å². The molecule has 2 N–H and O–H groups in total. The van der Waals surface area contributed by atoms with Crippen molar-refractivity contribution >= 4 is 16.9 Å². The number of nitrogens with one attached hydrogen (secondary N) is 1. The number of carbonyl (C=O) groups is 1. The minimum atomic E-state index is -0.526. The van der Waals surface area contributed by atoms with Gasteiger partial charge in [-0.1, -0.05) is 91.0 Å². The van der Waals surface area contributed by atoms with Crippen molar-refractivity contribution in [1.29, 1.82) is 0 Å². The summed E-state index contributed by atoms with van der Waals surface area (Å²) in [6.07, 6.45) is 1.59. The molecule has 0 aliphatic carbocycles. The van der Waals surface area contributed by atoms with Gasteiger partial charge in [-0.2, -0.15) is 0 Å². The number of aromatic nitrogens is 2. The molecule has 0 radical (unpaired) electrons. The molecule has 9 heteroatoms. The van der Waals surface area contributed by atoms with Crippen LogP contribution in [0, 0.1) is 0 Å². The van der Waals surface area contributed by atoms with E-state index in [2.05, 4.69) is 55.4 Å². The topological polar surface area (TPSA) is 100 Å². The van der Waals surface area contributed by atoms with E-state index >= 15 is 0 Å². The first-order chi connectivity index (χ1) is 23.6. The van der Waals surface area contributed by atoms with E-state index in [-0.39, 0.29) is 30.4 Å². The molecule has 2 aliphatic rings. The molecule has 246 valence electrons. The first-order valence-corrected chi connectivity index (χ1v) is 16.7. The minimum absolute atomic E-state index is 0.00558. The lowest BCUT2D eigenvalue weighted by molar-refractivity contribution is -0.253. The molecule has 3 atom stereocenters. The van der Waals surface area contributed by atoms with Crippen LogP contribution in [0.2, 0.25) is 0 Å². The van der Waals surface area contributed by atoms with Crippen molar-refractivity contribution < 1.29 is 19.4 Å². The zero-order valence-electron chi connectivity index (χ0n) is 26.9. The van der Waals surface area contributed by atoms with Crippen LogP contribution in [0.1, 0.15) is 57.1 Å². The Bertz CT molecular complexity index is 1790. The first kappa shape index (κ1) is 32.1. The van der Waals surface area contributed by atoms with Crippen LogP contribution in [0.4, 0.5) is 0 Å². The van der Waals surface area contributed by atoms with Crippen LogP contribution in [0.15, 0.2) is 109 Å². The van der Waals surface area contributed by atoms with Crippen molar-refractivity contribution in [3.05, 3.63) is 143 Å². The smallest absolute Gasteiger partial charge is 0.271 e. The van der Waals surface area contributed by atoms with Crippen molar-refractivity contribution in [1.82, 2.24) is 25.1 Å². The van der Waals surface area contributed by atoms with Gasteiger partial charge in [0, 0.05) is 57.8 Å². The summed E-state index contributed by atoms with van der Waals surface area (Å²) >= 11 is 0. The second-order valence-corrected chi connectivity index (χ2v) is 12.6. The summed E-state index contributed by atoms with van der Waals surface area (Å²) < 4.78 is 13.2. The average molecular weight is 644 g/mol. The number of para-hydroxylation sites is 2. The SMILES string of the molecule is O=C(NCc1ccc(C2OC(CN3CCN(Cc4ccccc4)CC3)CC(c3ccc(CO)cc3)O2)cc1)c1cnc2ccccc2n1. The summed E-state index contributed by atoms with van der Waals surface area (Å²) in [5.74, 6) is -0.268. The molecular formula is C39H41N5O4. The molecule has 5 aromatic rings. The zero-order chi connectivity index (χ0) is 32.7. The highest BCUT2D eigenvalue weighted by molar-refractivity contribution is 5.93. The van der Waals surface area contributed by atoms with E-state index in [1.165, 1.54) is 11.8 Å². The molecule has 4 aromatic carbocycles. The Balaban J connectivity index is 0.989. The van der Waals surface area contributed by atoms with Gasteiger partial charge in [-0.05, 0) is 34.4 Å². The second kappa shape index (κ2) is 15.1. The Morgan fingerprint density at radius 3 is 2.17 bits per heavy atom. The molecule has 0 spiro atoms. The molecule has 48 heavy (non-hydrogen) atoms. The molecule has 7 rings (SSSR count). The molecule has 3 unspecified atom stereocenters. The van der Waals surface area contributed by atoms with Gasteiger partial charge in [-0.25, -0.2) is 4.98 Å². The summed E-state index contributed by atoms with van der Waals surface area (Å²) in [5, 5.41) is 12.5. The average Bonchev–Trinajstić information content (AvgIpc) is 3.15. The lowest BCUT2D eigenvalue weighted by Gasteiger charge is -2.40. The van der Waals surface area contributed by atoms with E-state index in [0.29, 0.717) is 12.1 Å². The summed E-state index contributed by atoms with van der Waals surface area (Å²) in [6, 6.07) is 34.2. The number of hydrogen-bond donors (Lipinski definition) is 2. The molecule has 0 bridgehead atoms. The Morgan fingerprint density at radius 1 is 0.750 bits per heavy atom. The van der Waals surface area contributed by atoms with Crippen LogP contribution < -0.4 is 5.32 Å². The summed E-state index contributed by atoms with van der Waals surface area (Å²) in [6.45, 7) is 6.24. The third-order valence-corrected chi connectivity index (χ3v) is 9.18. The maximum absolute atomic E-state index is 12.8. The van der Waals surface area contributed by atoms with Crippen molar-refractivity contribution in [2.24, 2.45) is 0 Å². The lowest BCUT2D eigenvalue weighted by atomic mass is 9.99. The Kier molecular flexibility index (Phi) is 10.1. The molecule has 2 aliphatic heterocycles. The lowest BCUT2D eigenvalue weighted by Crippen LogP contribution is -2.49. The fourth-order valence-corrected chi connectivity index (χ4v) is 6.42. The zero-order valence-corrected chi connectivity index (χ0v) is 26.9. The number of carbonyl (C=O) groups excluding carboxylic acids is 1. The number of ether oxygens (including phenoxy) is 2. The fraction of sp³-hybridized carbons (Fsp3) is 0.308. The molecule has 1 aromatic heterocycles. The van der Waals surface area contributed by atoms with Crippen molar-refractivity contribution in [2.45, 2.75) is 44.6 Å². The van der Waals surface area contributed by atoms with E-state index in [9.17, 15) is 9.90 Å². The molecule has 9 nitrogen and oxygen atoms in total. The number of benzene rings is 4. The normalized spacial score (nSPS) is 20.5. The van der Waals surface area contributed by atoms with Crippen LogP contribution >= 0.6 is 0 Å². The van der Waals surface area contributed by atoms with Crippen LogP contribution in [0.5, 0.6) is 0 Å². The number of fused-ring (bicyclic) bond motifs is 1. The standard InChI is InChI=1S/C39H41N5O4/c45-27-30-12-14-31(15-13-30)37-22-33(26-44-20-18-43(19-21-44)25-29-6-2-1-3-7-29)47-39(48-37)32-16-10-28(11-17-32)23-41-38(46)36-24-40-34-8-4-5-9-35(34)42-36/h1-17,24,33,37,39,45H,18-23,25-27H2,(H,41,46). The van der Waals surface area contributed by atoms with E-state index < -0.39 is 6.29 Å². The largest absolute Gasteiger partial charge is 0.392 e. The Hall–Kier alpha value is -4.51. The highest BCUT2D eigenvalue weighted by Gasteiger charge is 2.33. The quantitative estimate of drug-likeness (QED) is 0.208. The second-order valence-electron chi connectivity index (χ2n) is 12.6. The number of nitrogens with zero attached hydrogens (tertiary/aromatic N) is 4. The van der Waals surface area contributed by atoms with Gasteiger partial charge in [-0.15, -0.1) is 0 Å². The molecule has 0 saturated carbocycles. The van der Waals surface area contributed by atoms with Gasteiger partial charge in [0.15, 0.2) is 6.29 Å². The Morgan fingerprint density at radius 2 is 1.42 bits per heavy atom. The number of aliphatic hydroxyl groups is 1. The number of piperazine rings is 1. The third-order valence-electron chi connectivity index (χ3n) is 9.18. The molecule has 2 saturated heterocycles. The van der Waals surface area contributed by atoms with Crippen molar-refractivity contribution in [3.63, 3.8) is 0 Å². The van der Waals surface area contributed by atoms with Gasteiger partial charge in [0.1, 0.15) is 5.69 Å². The maximum Gasteiger partial charge on any atom is 0.271 e. The third kappa shape index (κ3) is 7.95. The highest BCUT2D eigenvalue weighted by atomic mass is 16.7. The molecule has 2 fully saturated rings. The number of rotatable bonds is 10.